The third kappa shape index (κ3) is 5.31. The van der Waals surface area contributed by atoms with Crippen molar-refractivity contribution in [1.82, 2.24) is 10.3 Å². The molecule has 2 aromatic carbocycles. The molecular formula is C23H26N2O2. The molecule has 0 saturated carbocycles. The number of carbonyl (C=O) groups is 1. The third-order valence-electron chi connectivity index (χ3n) is 4.21. The number of aromatic nitrogens is 1. The Morgan fingerprint density at radius 3 is 2.63 bits per heavy atom. The molecule has 1 aromatic heterocycles. The number of hydrogen-bond donors (Lipinski definition) is 2. The number of nitrogens with one attached hydrogen (secondary N) is 2. The van der Waals surface area contributed by atoms with Crippen molar-refractivity contribution in [3.63, 3.8) is 0 Å². The van der Waals surface area contributed by atoms with Gasteiger partial charge in [0.15, 0.2) is 5.78 Å². The van der Waals surface area contributed by atoms with Crippen LogP contribution >= 0.6 is 0 Å². The van der Waals surface area contributed by atoms with E-state index in [0.29, 0.717) is 12.2 Å². The molecule has 0 spiro atoms. The minimum absolute atomic E-state index is 0.0245. The fourth-order valence-electron chi connectivity index (χ4n) is 2.83. The Morgan fingerprint density at radius 2 is 1.89 bits per heavy atom. The van der Waals surface area contributed by atoms with Gasteiger partial charge in [-0.1, -0.05) is 18.2 Å². The van der Waals surface area contributed by atoms with Gasteiger partial charge in [0, 0.05) is 34.7 Å². The zero-order valence-corrected chi connectivity index (χ0v) is 16.1. The van der Waals surface area contributed by atoms with E-state index in [4.69, 9.17) is 4.74 Å². The average molecular weight is 362 g/mol. The van der Waals surface area contributed by atoms with Crippen LogP contribution in [0.5, 0.6) is 5.75 Å². The van der Waals surface area contributed by atoms with E-state index in [1.807, 2.05) is 48.7 Å². The van der Waals surface area contributed by atoms with Crippen molar-refractivity contribution in [1.29, 1.82) is 0 Å². The van der Waals surface area contributed by atoms with Gasteiger partial charge in [0.1, 0.15) is 12.4 Å². The van der Waals surface area contributed by atoms with Crippen molar-refractivity contribution in [2.45, 2.75) is 26.3 Å². The van der Waals surface area contributed by atoms with Gasteiger partial charge in [-0.25, -0.2) is 0 Å². The molecule has 0 aliphatic rings. The Morgan fingerprint density at radius 1 is 1.11 bits per heavy atom. The average Bonchev–Trinajstić information content (AvgIpc) is 3.12. The Bertz CT molecular complexity index is 931. The summed E-state index contributed by atoms with van der Waals surface area (Å²) in [7, 11) is 0. The number of ether oxygens (including phenoxy) is 1. The van der Waals surface area contributed by atoms with Crippen molar-refractivity contribution in [2.75, 3.05) is 13.2 Å². The second kappa shape index (κ2) is 8.23. The van der Waals surface area contributed by atoms with Gasteiger partial charge >= 0.3 is 0 Å². The molecule has 0 saturated heterocycles. The summed E-state index contributed by atoms with van der Waals surface area (Å²) in [5.74, 6) is 0.742. The van der Waals surface area contributed by atoms with E-state index in [9.17, 15) is 4.79 Å². The van der Waals surface area contributed by atoms with Gasteiger partial charge in [-0.05, 0) is 68.8 Å². The molecule has 27 heavy (non-hydrogen) atoms. The number of aromatic amines is 1. The molecule has 3 rings (SSSR count). The second-order valence-electron chi connectivity index (χ2n) is 7.53. The molecule has 0 aliphatic heterocycles. The van der Waals surface area contributed by atoms with Gasteiger partial charge in [0.2, 0.25) is 0 Å². The molecular weight excluding hydrogens is 336 g/mol. The quantitative estimate of drug-likeness (QED) is 0.359. The monoisotopic (exact) mass is 362 g/mol. The maximum absolute atomic E-state index is 12.4. The lowest BCUT2D eigenvalue weighted by molar-refractivity contribution is 0.104. The SMILES string of the molecule is CC(C)(C)NCCOc1ccc(C(=O)C=Cc2cccc3[nH]ccc23)cc1. The van der Waals surface area contributed by atoms with Crippen LogP contribution < -0.4 is 10.1 Å². The van der Waals surface area contributed by atoms with Crippen LogP contribution in [0.4, 0.5) is 0 Å². The van der Waals surface area contributed by atoms with Crippen LogP contribution in [0, 0.1) is 0 Å². The summed E-state index contributed by atoms with van der Waals surface area (Å²) in [5.41, 5.74) is 2.81. The number of hydrogen-bond acceptors (Lipinski definition) is 3. The lowest BCUT2D eigenvalue weighted by atomic mass is 10.1. The van der Waals surface area contributed by atoms with Crippen molar-refractivity contribution in [3.8, 4) is 5.75 Å². The zero-order chi connectivity index (χ0) is 19.3. The third-order valence-corrected chi connectivity index (χ3v) is 4.21. The van der Waals surface area contributed by atoms with Gasteiger partial charge in [-0.2, -0.15) is 0 Å². The van der Waals surface area contributed by atoms with E-state index in [2.05, 4.69) is 31.1 Å². The van der Waals surface area contributed by atoms with E-state index in [0.717, 1.165) is 28.8 Å². The summed E-state index contributed by atoms with van der Waals surface area (Å²) >= 11 is 0. The van der Waals surface area contributed by atoms with Crippen LogP contribution in [0.1, 0.15) is 36.7 Å². The molecule has 4 nitrogen and oxygen atoms in total. The Labute approximate surface area is 160 Å². The van der Waals surface area contributed by atoms with Crippen LogP contribution in [0.25, 0.3) is 17.0 Å². The van der Waals surface area contributed by atoms with E-state index in [1.54, 1.807) is 18.2 Å². The molecule has 1 heterocycles. The highest BCUT2D eigenvalue weighted by Gasteiger charge is 2.08. The zero-order valence-electron chi connectivity index (χ0n) is 16.1. The molecule has 0 radical (unpaired) electrons. The van der Waals surface area contributed by atoms with Gasteiger partial charge in [-0.15, -0.1) is 0 Å². The number of rotatable bonds is 7. The molecule has 2 N–H and O–H groups in total. The molecule has 0 fully saturated rings. The molecule has 0 amide bonds. The number of H-pyrrole nitrogens is 1. The normalized spacial score (nSPS) is 12.0. The second-order valence-corrected chi connectivity index (χ2v) is 7.53. The summed E-state index contributed by atoms with van der Waals surface area (Å²) in [6.07, 6.45) is 5.38. The molecule has 4 heteroatoms. The fourth-order valence-corrected chi connectivity index (χ4v) is 2.83. The lowest BCUT2D eigenvalue weighted by Crippen LogP contribution is -2.38. The predicted molar refractivity (Wildman–Crippen MR) is 111 cm³/mol. The largest absolute Gasteiger partial charge is 0.492 e. The highest BCUT2D eigenvalue weighted by atomic mass is 16.5. The molecule has 3 aromatic rings. The number of allylic oxidation sites excluding steroid dienone is 1. The maximum Gasteiger partial charge on any atom is 0.185 e. The van der Waals surface area contributed by atoms with Crippen LogP contribution in [-0.2, 0) is 0 Å². The summed E-state index contributed by atoms with van der Waals surface area (Å²) in [6.45, 7) is 7.73. The van der Waals surface area contributed by atoms with Crippen molar-refractivity contribution in [3.05, 3.63) is 71.9 Å². The highest BCUT2D eigenvalue weighted by Crippen LogP contribution is 2.19. The first-order chi connectivity index (χ1) is 12.9. The predicted octanol–water partition coefficient (Wildman–Crippen LogP) is 4.83. The minimum Gasteiger partial charge on any atom is -0.492 e. The van der Waals surface area contributed by atoms with E-state index >= 15 is 0 Å². The van der Waals surface area contributed by atoms with Crippen molar-refractivity contribution < 1.29 is 9.53 Å². The first-order valence-electron chi connectivity index (χ1n) is 9.19. The van der Waals surface area contributed by atoms with Gasteiger partial charge < -0.3 is 15.0 Å². The summed E-state index contributed by atoms with van der Waals surface area (Å²) < 4.78 is 5.71. The molecule has 0 aliphatic carbocycles. The fraction of sp³-hybridized carbons (Fsp3) is 0.261. The topological polar surface area (TPSA) is 54.1 Å². The first kappa shape index (κ1) is 18.9. The smallest absolute Gasteiger partial charge is 0.185 e. The molecule has 0 atom stereocenters. The lowest BCUT2D eigenvalue weighted by Gasteiger charge is -2.20. The standard InChI is InChI=1S/C23H26N2O2/c1-23(2,3)25-15-16-27-19-10-7-18(8-11-19)22(26)12-9-17-5-4-6-21-20(17)13-14-24-21/h4-14,24-25H,15-16H2,1-3H3. The van der Waals surface area contributed by atoms with E-state index in [-0.39, 0.29) is 11.3 Å². The van der Waals surface area contributed by atoms with Crippen molar-refractivity contribution in [2.24, 2.45) is 0 Å². The van der Waals surface area contributed by atoms with Crippen LogP contribution in [0.15, 0.2) is 60.8 Å². The minimum atomic E-state index is -0.0245. The summed E-state index contributed by atoms with van der Waals surface area (Å²) in [6, 6.07) is 15.3. The summed E-state index contributed by atoms with van der Waals surface area (Å²) in [5, 5.41) is 4.48. The van der Waals surface area contributed by atoms with Crippen LogP contribution in [0.2, 0.25) is 0 Å². The summed E-state index contributed by atoms with van der Waals surface area (Å²) in [4.78, 5) is 15.6. The number of ketones is 1. The number of benzene rings is 2. The maximum atomic E-state index is 12.4. The highest BCUT2D eigenvalue weighted by molar-refractivity contribution is 6.07. The van der Waals surface area contributed by atoms with Gasteiger partial charge in [0.05, 0.1) is 0 Å². The first-order valence-corrected chi connectivity index (χ1v) is 9.19. The van der Waals surface area contributed by atoms with E-state index < -0.39 is 0 Å². The van der Waals surface area contributed by atoms with E-state index in [1.165, 1.54) is 0 Å². The number of fused-ring (bicyclic) bond motifs is 1. The molecule has 140 valence electrons. The molecule has 0 unspecified atom stereocenters. The van der Waals surface area contributed by atoms with Crippen LogP contribution in [-0.4, -0.2) is 29.5 Å². The van der Waals surface area contributed by atoms with Crippen LogP contribution in [0.3, 0.4) is 0 Å². The van der Waals surface area contributed by atoms with Gasteiger partial charge in [0.25, 0.3) is 0 Å². The van der Waals surface area contributed by atoms with Gasteiger partial charge in [-0.3, -0.25) is 4.79 Å². The molecule has 0 bridgehead atoms. The Balaban J connectivity index is 1.58. The number of carbonyl (C=O) groups excluding carboxylic acids is 1. The van der Waals surface area contributed by atoms with Crippen molar-refractivity contribution >= 4 is 22.8 Å². The Hall–Kier alpha value is -2.85. The Kier molecular flexibility index (Phi) is 5.77.